The molecule has 0 spiro atoms. The van der Waals surface area contributed by atoms with E-state index in [1.165, 1.54) is 11.3 Å². The van der Waals surface area contributed by atoms with Crippen molar-refractivity contribution >= 4 is 23.4 Å². The summed E-state index contributed by atoms with van der Waals surface area (Å²) >= 11 is 1.26. The van der Waals surface area contributed by atoms with Gasteiger partial charge in [-0.25, -0.2) is 9.79 Å². The summed E-state index contributed by atoms with van der Waals surface area (Å²) in [7, 11) is 3.15. The zero-order valence-electron chi connectivity index (χ0n) is 21.7. The smallest absolute Gasteiger partial charge is 0.338 e. The Kier molecular flexibility index (Phi) is 7.83. The van der Waals surface area contributed by atoms with E-state index in [9.17, 15) is 9.59 Å². The van der Waals surface area contributed by atoms with E-state index in [-0.39, 0.29) is 18.3 Å². The molecule has 37 heavy (non-hydrogen) atoms. The predicted molar refractivity (Wildman–Crippen MR) is 142 cm³/mol. The lowest BCUT2D eigenvalue weighted by molar-refractivity contribution is -0.139. The lowest BCUT2D eigenvalue weighted by Crippen LogP contribution is -2.39. The van der Waals surface area contributed by atoms with Crippen LogP contribution in [0.3, 0.4) is 0 Å². The monoisotopic (exact) mass is 522 g/mol. The minimum absolute atomic E-state index is 0.0238. The van der Waals surface area contributed by atoms with Gasteiger partial charge in [0, 0.05) is 11.6 Å². The van der Waals surface area contributed by atoms with E-state index < -0.39 is 12.0 Å². The molecule has 8 nitrogen and oxygen atoms in total. The number of hydrogen-bond donors (Lipinski definition) is 0. The fourth-order valence-electron chi connectivity index (χ4n) is 4.19. The molecule has 194 valence electrons. The molecule has 0 saturated heterocycles. The number of nitrogens with zero attached hydrogens (tertiary/aromatic N) is 2. The second-order valence-electron chi connectivity index (χ2n) is 8.65. The van der Waals surface area contributed by atoms with E-state index in [2.05, 4.69) is 4.99 Å². The van der Waals surface area contributed by atoms with E-state index in [0.29, 0.717) is 37.9 Å². The molecule has 2 aromatic carbocycles. The van der Waals surface area contributed by atoms with Crippen LogP contribution >= 0.6 is 11.3 Å². The molecule has 0 aliphatic carbocycles. The maximum Gasteiger partial charge on any atom is 0.338 e. The van der Waals surface area contributed by atoms with Crippen LogP contribution in [0.25, 0.3) is 6.08 Å². The minimum Gasteiger partial charge on any atom is -0.497 e. The number of fused-ring (bicyclic) bond motifs is 1. The number of rotatable bonds is 8. The van der Waals surface area contributed by atoms with Gasteiger partial charge in [-0.15, -0.1) is 0 Å². The van der Waals surface area contributed by atoms with Gasteiger partial charge in [-0.2, -0.15) is 0 Å². The normalized spacial score (nSPS) is 15.3. The van der Waals surface area contributed by atoms with Crippen molar-refractivity contribution in [3.63, 3.8) is 0 Å². The molecule has 0 radical (unpaired) electrons. The highest BCUT2D eigenvalue weighted by molar-refractivity contribution is 7.07. The van der Waals surface area contributed by atoms with Gasteiger partial charge in [0.2, 0.25) is 0 Å². The van der Waals surface area contributed by atoms with E-state index >= 15 is 0 Å². The van der Waals surface area contributed by atoms with Crippen molar-refractivity contribution in [1.82, 2.24) is 4.57 Å². The third kappa shape index (κ3) is 5.32. The van der Waals surface area contributed by atoms with Crippen LogP contribution in [0.5, 0.6) is 17.2 Å². The topological polar surface area (TPSA) is 88.4 Å². The third-order valence-corrected chi connectivity index (χ3v) is 6.79. The van der Waals surface area contributed by atoms with E-state index in [0.717, 1.165) is 11.1 Å². The van der Waals surface area contributed by atoms with Gasteiger partial charge >= 0.3 is 5.97 Å². The highest BCUT2D eigenvalue weighted by Crippen LogP contribution is 2.32. The zero-order chi connectivity index (χ0) is 26.7. The summed E-state index contributed by atoms with van der Waals surface area (Å²) in [5.41, 5.74) is 2.06. The Labute approximate surface area is 219 Å². The molecule has 2 heterocycles. The number of carbonyl (C=O) groups excluding carboxylic acids is 1. The van der Waals surface area contributed by atoms with Gasteiger partial charge in [0.25, 0.3) is 5.56 Å². The molecule has 0 amide bonds. The van der Waals surface area contributed by atoms with Crippen LogP contribution < -0.4 is 29.1 Å². The predicted octanol–water partition coefficient (Wildman–Crippen LogP) is 3.60. The second kappa shape index (κ2) is 11.0. The summed E-state index contributed by atoms with van der Waals surface area (Å²) < 4.78 is 23.9. The van der Waals surface area contributed by atoms with Crippen LogP contribution in [0.4, 0.5) is 0 Å². The van der Waals surface area contributed by atoms with Gasteiger partial charge in [0.05, 0.1) is 48.8 Å². The first-order chi connectivity index (χ1) is 17.8. The zero-order valence-corrected chi connectivity index (χ0v) is 22.5. The van der Waals surface area contributed by atoms with Crippen molar-refractivity contribution in [3.05, 3.63) is 84.5 Å². The largest absolute Gasteiger partial charge is 0.497 e. The Morgan fingerprint density at radius 1 is 1.11 bits per heavy atom. The van der Waals surface area contributed by atoms with Gasteiger partial charge in [0.1, 0.15) is 17.2 Å². The standard InChI is InChI=1S/C28H30N2O6S/c1-7-35-27(32)24-17(4)29-28-30(25(24)18-8-11-20(12-9-18)36-16(2)3)26(31)23(37-28)14-19-10-13-21(33-5)15-22(19)34-6/h8-16,25H,7H2,1-6H3/b23-14-. The van der Waals surface area contributed by atoms with Crippen LogP contribution in [-0.2, 0) is 9.53 Å². The van der Waals surface area contributed by atoms with Crippen molar-refractivity contribution in [3.8, 4) is 17.2 Å². The van der Waals surface area contributed by atoms with Crippen molar-refractivity contribution < 1.29 is 23.7 Å². The van der Waals surface area contributed by atoms with Crippen LogP contribution in [0, 0.1) is 0 Å². The number of aromatic nitrogens is 1. The first-order valence-corrected chi connectivity index (χ1v) is 12.8. The Morgan fingerprint density at radius 2 is 1.81 bits per heavy atom. The van der Waals surface area contributed by atoms with E-state index in [1.807, 2.05) is 44.2 Å². The van der Waals surface area contributed by atoms with E-state index in [4.69, 9.17) is 18.9 Å². The molecule has 1 atom stereocenters. The van der Waals surface area contributed by atoms with Crippen LogP contribution in [0.15, 0.2) is 63.5 Å². The number of esters is 1. The number of hydrogen-bond acceptors (Lipinski definition) is 8. The number of allylic oxidation sites excluding steroid dienone is 1. The summed E-state index contributed by atoms with van der Waals surface area (Å²) in [4.78, 5) is 32.0. The minimum atomic E-state index is -0.691. The van der Waals surface area contributed by atoms with E-state index in [1.54, 1.807) is 50.8 Å². The molecule has 1 aromatic heterocycles. The Hall–Kier alpha value is -3.85. The third-order valence-electron chi connectivity index (χ3n) is 5.81. The molecule has 1 aliphatic heterocycles. The Bertz CT molecular complexity index is 1520. The van der Waals surface area contributed by atoms with Gasteiger partial charge in [-0.1, -0.05) is 23.5 Å². The summed E-state index contributed by atoms with van der Waals surface area (Å²) in [5.74, 6) is 1.43. The van der Waals surface area contributed by atoms with Crippen molar-refractivity contribution in [2.24, 2.45) is 4.99 Å². The Morgan fingerprint density at radius 3 is 2.43 bits per heavy atom. The number of carbonyl (C=O) groups is 1. The van der Waals surface area contributed by atoms with Gasteiger partial charge in [-0.05, 0) is 63.6 Å². The van der Waals surface area contributed by atoms with Crippen molar-refractivity contribution in [1.29, 1.82) is 0 Å². The summed E-state index contributed by atoms with van der Waals surface area (Å²) in [6, 6.07) is 12.1. The average molecular weight is 523 g/mol. The molecular weight excluding hydrogens is 492 g/mol. The summed E-state index contributed by atoms with van der Waals surface area (Å²) in [5, 5.41) is 0. The van der Waals surface area contributed by atoms with Crippen LogP contribution in [-0.4, -0.2) is 37.5 Å². The molecule has 0 N–H and O–H groups in total. The number of ether oxygens (including phenoxy) is 4. The second-order valence-corrected chi connectivity index (χ2v) is 9.65. The van der Waals surface area contributed by atoms with Gasteiger partial charge in [0.15, 0.2) is 4.80 Å². The summed E-state index contributed by atoms with van der Waals surface area (Å²) in [6.45, 7) is 7.63. The molecule has 1 unspecified atom stereocenters. The average Bonchev–Trinajstić information content (AvgIpc) is 3.18. The highest BCUT2D eigenvalue weighted by Gasteiger charge is 2.33. The Balaban J connectivity index is 1.90. The molecule has 9 heteroatoms. The van der Waals surface area contributed by atoms with Gasteiger partial charge < -0.3 is 18.9 Å². The maximum absolute atomic E-state index is 13.8. The molecular formula is C28H30N2O6S. The first-order valence-electron chi connectivity index (χ1n) is 12.0. The first kappa shape index (κ1) is 26.2. The number of methoxy groups -OCH3 is 2. The summed E-state index contributed by atoms with van der Waals surface area (Å²) in [6.07, 6.45) is 1.79. The van der Waals surface area contributed by atoms with Crippen LogP contribution in [0.2, 0.25) is 0 Å². The lowest BCUT2D eigenvalue weighted by atomic mass is 9.96. The molecule has 4 rings (SSSR count). The number of thiazole rings is 1. The fourth-order valence-corrected chi connectivity index (χ4v) is 5.22. The SMILES string of the molecule is CCOC(=O)C1=C(C)N=c2s/c(=C\c3ccc(OC)cc3OC)c(=O)n2C1c1ccc(OC(C)C)cc1. The highest BCUT2D eigenvalue weighted by atomic mass is 32.1. The quantitative estimate of drug-likeness (QED) is 0.420. The lowest BCUT2D eigenvalue weighted by Gasteiger charge is -2.25. The molecule has 0 saturated carbocycles. The molecule has 0 bridgehead atoms. The molecule has 0 fully saturated rings. The van der Waals surface area contributed by atoms with Crippen LogP contribution in [0.1, 0.15) is 44.9 Å². The maximum atomic E-state index is 13.8. The van der Waals surface area contributed by atoms with Crippen molar-refractivity contribution in [2.75, 3.05) is 20.8 Å². The molecule has 1 aliphatic rings. The number of benzene rings is 2. The molecule has 3 aromatic rings. The van der Waals surface area contributed by atoms with Crippen molar-refractivity contribution in [2.45, 2.75) is 39.8 Å². The van der Waals surface area contributed by atoms with Gasteiger partial charge in [-0.3, -0.25) is 9.36 Å². The fraction of sp³-hybridized carbons (Fsp3) is 0.321.